The molecule has 2 aromatic rings. The Morgan fingerprint density at radius 3 is 2.50 bits per heavy atom. The zero-order chi connectivity index (χ0) is 16.1. The number of hydrogen-bond acceptors (Lipinski definition) is 1. The second kappa shape index (κ2) is 7.32. The molecule has 116 valence electrons. The molecule has 0 saturated heterocycles. The fourth-order valence-corrected chi connectivity index (χ4v) is 2.80. The van der Waals surface area contributed by atoms with Crippen LogP contribution in [0, 0.1) is 20.8 Å². The number of halogens is 1. The molecule has 0 aromatic heterocycles. The fourth-order valence-electron chi connectivity index (χ4n) is 2.43. The number of anilines is 1. The molecule has 0 saturated carbocycles. The maximum absolute atomic E-state index is 12.0. The van der Waals surface area contributed by atoms with Crippen LogP contribution in [-0.4, -0.2) is 12.6 Å². The van der Waals surface area contributed by atoms with E-state index in [0.717, 1.165) is 17.5 Å². The van der Waals surface area contributed by atoms with Crippen molar-refractivity contribution in [2.45, 2.75) is 27.2 Å². The molecule has 0 atom stereocenters. The quantitative estimate of drug-likeness (QED) is 0.848. The first-order chi connectivity index (χ1) is 10.5. The second-order valence-corrected chi connectivity index (χ2v) is 5.90. The summed E-state index contributed by atoms with van der Waals surface area (Å²) in [6.45, 7) is 6.57. The standard InChI is InChI=1S/C18H21ClN2O/c1-12-10-14(3)17(16(19)11-12)21-18(22)20-9-8-15-7-5-4-6-13(15)2/h4-7,10-11H,8-9H2,1-3H3,(H2,20,21,22). The summed E-state index contributed by atoms with van der Waals surface area (Å²) in [5, 5.41) is 6.25. The van der Waals surface area contributed by atoms with Crippen molar-refractivity contribution in [2.24, 2.45) is 0 Å². The van der Waals surface area contributed by atoms with Crippen LogP contribution in [0.15, 0.2) is 36.4 Å². The van der Waals surface area contributed by atoms with Crippen LogP contribution < -0.4 is 10.6 Å². The van der Waals surface area contributed by atoms with Crippen LogP contribution in [0.5, 0.6) is 0 Å². The summed E-state index contributed by atoms with van der Waals surface area (Å²) in [7, 11) is 0. The Kier molecular flexibility index (Phi) is 5.45. The summed E-state index contributed by atoms with van der Waals surface area (Å²) < 4.78 is 0. The van der Waals surface area contributed by atoms with Crippen LogP contribution in [0.2, 0.25) is 5.02 Å². The molecule has 0 unspecified atom stereocenters. The minimum absolute atomic E-state index is 0.234. The highest BCUT2D eigenvalue weighted by atomic mass is 35.5. The van der Waals surface area contributed by atoms with Crippen LogP contribution >= 0.6 is 11.6 Å². The topological polar surface area (TPSA) is 41.1 Å². The summed E-state index contributed by atoms with van der Waals surface area (Å²) >= 11 is 6.19. The lowest BCUT2D eigenvalue weighted by atomic mass is 10.1. The van der Waals surface area contributed by atoms with Crippen LogP contribution in [0.3, 0.4) is 0 Å². The number of benzene rings is 2. The number of aryl methyl sites for hydroxylation is 3. The second-order valence-electron chi connectivity index (χ2n) is 5.50. The van der Waals surface area contributed by atoms with Crippen LogP contribution in [0.25, 0.3) is 0 Å². The van der Waals surface area contributed by atoms with Crippen LogP contribution in [-0.2, 0) is 6.42 Å². The van der Waals surface area contributed by atoms with Crippen molar-refractivity contribution in [3.8, 4) is 0 Å². The largest absolute Gasteiger partial charge is 0.338 e. The molecule has 4 heteroatoms. The average Bonchev–Trinajstić information content (AvgIpc) is 2.45. The van der Waals surface area contributed by atoms with Gasteiger partial charge in [0.1, 0.15) is 0 Å². The highest BCUT2D eigenvalue weighted by Gasteiger charge is 2.09. The number of rotatable bonds is 4. The Hall–Kier alpha value is -2.00. The van der Waals surface area contributed by atoms with Gasteiger partial charge in [0.25, 0.3) is 0 Å². The highest BCUT2D eigenvalue weighted by molar-refractivity contribution is 6.34. The Balaban J connectivity index is 1.90. The minimum Gasteiger partial charge on any atom is -0.338 e. The van der Waals surface area contributed by atoms with Gasteiger partial charge in [0.15, 0.2) is 0 Å². The summed E-state index contributed by atoms with van der Waals surface area (Å²) in [6.07, 6.45) is 0.806. The predicted octanol–water partition coefficient (Wildman–Crippen LogP) is 4.63. The van der Waals surface area contributed by atoms with Crippen molar-refractivity contribution in [1.82, 2.24) is 5.32 Å². The molecule has 0 aliphatic rings. The molecule has 2 N–H and O–H groups in total. The molecule has 2 rings (SSSR count). The molecule has 0 radical (unpaired) electrons. The first kappa shape index (κ1) is 16.4. The van der Waals surface area contributed by atoms with Gasteiger partial charge in [-0.15, -0.1) is 0 Å². The normalized spacial score (nSPS) is 10.4. The minimum atomic E-state index is -0.234. The van der Waals surface area contributed by atoms with Gasteiger partial charge in [-0.25, -0.2) is 4.79 Å². The molecule has 2 aromatic carbocycles. The van der Waals surface area contributed by atoms with Gasteiger partial charge in [-0.2, -0.15) is 0 Å². The van der Waals surface area contributed by atoms with Gasteiger partial charge in [-0.05, 0) is 55.5 Å². The molecular weight excluding hydrogens is 296 g/mol. The third-order valence-electron chi connectivity index (χ3n) is 3.61. The van der Waals surface area contributed by atoms with Crippen molar-refractivity contribution in [1.29, 1.82) is 0 Å². The van der Waals surface area contributed by atoms with Gasteiger partial charge in [0, 0.05) is 6.54 Å². The van der Waals surface area contributed by atoms with E-state index < -0.39 is 0 Å². The number of urea groups is 1. The molecule has 0 heterocycles. The maximum Gasteiger partial charge on any atom is 0.319 e. The number of carbonyl (C=O) groups excluding carboxylic acids is 1. The zero-order valence-corrected chi connectivity index (χ0v) is 13.9. The first-order valence-corrected chi connectivity index (χ1v) is 7.71. The van der Waals surface area contributed by atoms with Gasteiger partial charge >= 0.3 is 6.03 Å². The van der Waals surface area contributed by atoms with E-state index in [4.69, 9.17) is 11.6 Å². The van der Waals surface area contributed by atoms with Gasteiger partial charge in [0.05, 0.1) is 10.7 Å². The van der Waals surface area contributed by atoms with E-state index in [1.165, 1.54) is 11.1 Å². The van der Waals surface area contributed by atoms with Gasteiger partial charge < -0.3 is 10.6 Å². The van der Waals surface area contributed by atoms with Crippen LogP contribution in [0.1, 0.15) is 22.3 Å². The van der Waals surface area contributed by atoms with Gasteiger partial charge in [-0.3, -0.25) is 0 Å². The monoisotopic (exact) mass is 316 g/mol. The molecule has 0 bridgehead atoms. The van der Waals surface area contributed by atoms with E-state index in [9.17, 15) is 4.79 Å². The molecule has 2 amide bonds. The van der Waals surface area contributed by atoms with E-state index in [1.807, 2.05) is 38.1 Å². The summed E-state index contributed by atoms with van der Waals surface area (Å²) in [5.41, 5.74) is 5.18. The third-order valence-corrected chi connectivity index (χ3v) is 3.91. The molecule has 0 aliphatic carbocycles. The molecule has 22 heavy (non-hydrogen) atoms. The number of carbonyl (C=O) groups is 1. The first-order valence-electron chi connectivity index (χ1n) is 7.33. The van der Waals surface area contributed by atoms with Crippen molar-refractivity contribution in [3.05, 3.63) is 63.7 Å². The molecule has 0 aliphatic heterocycles. The molecule has 3 nitrogen and oxygen atoms in total. The summed E-state index contributed by atoms with van der Waals surface area (Å²) in [6, 6.07) is 11.8. The molecular formula is C18H21ClN2O. The van der Waals surface area contributed by atoms with E-state index in [0.29, 0.717) is 17.3 Å². The Morgan fingerprint density at radius 1 is 1.09 bits per heavy atom. The number of hydrogen-bond donors (Lipinski definition) is 2. The highest BCUT2D eigenvalue weighted by Crippen LogP contribution is 2.27. The van der Waals surface area contributed by atoms with Crippen molar-refractivity contribution < 1.29 is 4.79 Å². The lowest BCUT2D eigenvalue weighted by molar-refractivity contribution is 0.252. The van der Waals surface area contributed by atoms with Gasteiger partial charge in [-0.1, -0.05) is 41.9 Å². The smallest absolute Gasteiger partial charge is 0.319 e. The summed E-state index contributed by atoms with van der Waals surface area (Å²) in [4.78, 5) is 12.0. The molecule has 0 spiro atoms. The van der Waals surface area contributed by atoms with E-state index in [-0.39, 0.29) is 6.03 Å². The lowest BCUT2D eigenvalue weighted by Crippen LogP contribution is -2.31. The zero-order valence-electron chi connectivity index (χ0n) is 13.2. The Labute approximate surface area is 136 Å². The number of nitrogens with one attached hydrogen (secondary N) is 2. The number of amides is 2. The van der Waals surface area contributed by atoms with E-state index >= 15 is 0 Å². The SMILES string of the molecule is Cc1cc(C)c(NC(=O)NCCc2ccccc2C)c(Cl)c1. The van der Waals surface area contributed by atoms with Gasteiger partial charge in [0.2, 0.25) is 0 Å². The molecule has 0 fully saturated rings. The van der Waals surface area contributed by atoms with Crippen LogP contribution in [0.4, 0.5) is 10.5 Å². The average molecular weight is 317 g/mol. The Bertz CT molecular complexity index is 660. The lowest BCUT2D eigenvalue weighted by Gasteiger charge is -2.13. The van der Waals surface area contributed by atoms with E-state index in [1.54, 1.807) is 0 Å². The third kappa shape index (κ3) is 4.25. The maximum atomic E-state index is 12.0. The Morgan fingerprint density at radius 2 is 1.82 bits per heavy atom. The van der Waals surface area contributed by atoms with Crippen molar-refractivity contribution in [3.63, 3.8) is 0 Å². The summed E-state index contributed by atoms with van der Waals surface area (Å²) in [5.74, 6) is 0. The predicted molar refractivity (Wildman–Crippen MR) is 92.8 cm³/mol. The van der Waals surface area contributed by atoms with Crippen molar-refractivity contribution >= 4 is 23.3 Å². The van der Waals surface area contributed by atoms with Crippen molar-refractivity contribution in [2.75, 3.05) is 11.9 Å². The fraction of sp³-hybridized carbons (Fsp3) is 0.278. The van der Waals surface area contributed by atoms with E-state index in [2.05, 4.69) is 29.7 Å².